The fourth-order valence-corrected chi connectivity index (χ4v) is 2.13. The average molecular weight is 228 g/mol. The zero-order valence-corrected chi connectivity index (χ0v) is 9.35. The molecule has 0 atom stereocenters. The van der Waals surface area contributed by atoms with Crippen LogP contribution in [0.1, 0.15) is 19.0 Å². The summed E-state index contributed by atoms with van der Waals surface area (Å²) in [4.78, 5) is 4.16. The molecule has 0 aliphatic carbocycles. The molecule has 2 aromatic heterocycles. The van der Waals surface area contributed by atoms with Crippen molar-refractivity contribution in [3.63, 3.8) is 0 Å². The first-order chi connectivity index (χ1) is 6.81. The summed E-state index contributed by atoms with van der Waals surface area (Å²) >= 11 is 7.57. The molecule has 0 aliphatic heterocycles. The van der Waals surface area contributed by atoms with Crippen LogP contribution < -0.4 is 0 Å². The maximum Gasteiger partial charge on any atom is 0.211 e. The summed E-state index contributed by atoms with van der Waals surface area (Å²) in [7, 11) is 0. The van der Waals surface area contributed by atoms with Crippen molar-refractivity contribution < 1.29 is 0 Å². The minimum atomic E-state index is 0.628. The largest absolute Gasteiger partial charge is 0.227 e. The first-order valence-electron chi connectivity index (χ1n) is 4.45. The third-order valence-corrected chi connectivity index (χ3v) is 2.84. The highest BCUT2D eigenvalue weighted by molar-refractivity contribution is 7.12. The summed E-state index contributed by atoms with van der Waals surface area (Å²) in [6.45, 7) is 2.12. The van der Waals surface area contributed by atoms with Gasteiger partial charge in [-0.3, -0.25) is 0 Å². The highest BCUT2D eigenvalue weighted by atomic mass is 35.5. The molecule has 2 heterocycles. The molecule has 74 valence electrons. The molecule has 0 aliphatic rings. The van der Waals surface area contributed by atoms with E-state index in [9.17, 15) is 0 Å². The molecule has 0 fully saturated rings. The fourth-order valence-electron chi connectivity index (χ4n) is 1.24. The molecular formula is C9H10ClN3S. The molecule has 0 amide bonds. The van der Waals surface area contributed by atoms with Gasteiger partial charge >= 0.3 is 0 Å². The monoisotopic (exact) mass is 227 g/mol. The van der Waals surface area contributed by atoms with Crippen molar-refractivity contribution in [1.82, 2.24) is 14.8 Å². The molecule has 0 spiro atoms. The first kappa shape index (κ1) is 9.68. The second kappa shape index (κ2) is 4.11. The molecule has 2 aromatic rings. The molecule has 0 saturated carbocycles. The van der Waals surface area contributed by atoms with Gasteiger partial charge in [0, 0.05) is 11.6 Å². The Morgan fingerprint density at radius 1 is 1.57 bits per heavy atom. The van der Waals surface area contributed by atoms with Crippen LogP contribution in [0.15, 0.2) is 17.6 Å². The zero-order valence-electron chi connectivity index (χ0n) is 7.77. The van der Waals surface area contributed by atoms with Crippen molar-refractivity contribution in [1.29, 1.82) is 0 Å². The van der Waals surface area contributed by atoms with Crippen LogP contribution in [-0.4, -0.2) is 14.8 Å². The van der Waals surface area contributed by atoms with Crippen LogP contribution in [0.4, 0.5) is 0 Å². The third kappa shape index (κ3) is 1.81. The average Bonchev–Trinajstić information content (AvgIpc) is 2.74. The van der Waals surface area contributed by atoms with Gasteiger partial charge in [-0.1, -0.05) is 24.9 Å². The highest BCUT2D eigenvalue weighted by Gasteiger charge is 2.08. The predicted molar refractivity (Wildman–Crippen MR) is 58.2 cm³/mol. The van der Waals surface area contributed by atoms with E-state index in [4.69, 9.17) is 11.6 Å². The van der Waals surface area contributed by atoms with Crippen molar-refractivity contribution in [2.45, 2.75) is 19.8 Å². The van der Waals surface area contributed by atoms with E-state index in [1.165, 1.54) is 11.3 Å². The lowest BCUT2D eigenvalue weighted by molar-refractivity contribution is 0.802. The zero-order chi connectivity index (χ0) is 9.97. The lowest BCUT2D eigenvalue weighted by Crippen LogP contribution is -1.96. The molecule has 0 radical (unpaired) electrons. The quantitative estimate of drug-likeness (QED) is 0.807. The van der Waals surface area contributed by atoms with E-state index in [0.717, 1.165) is 23.7 Å². The maximum atomic E-state index is 6.04. The molecule has 0 unspecified atom stereocenters. The molecule has 2 rings (SSSR count). The smallest absolute Gasteiger partial charge is 0.211 e. The Morgan fingerprint density at radius 3 is 3.07 bits per heavy atom. The van der Waals surface area contributed by atoms with E-state index in [1.54, 1.807) is 10.9 Å². The Hall–Kier alpha value is -0.870. The minimum Gasteiger partial charge on any atom is -0.227 e. The van der Waals surface area contributed by atoms with E-state index >= 15 is 0 Å². The van der Waals surface area contributed by atoms with E-state index < -0.39 is 0 Å². The number of halogens is 1. The second-order valence-corrected chi connectivity index (χ2v) is 4.20. The van der Waals surface area contributed by atoms with E-state index in [2.05, 4.69) is 17.0 Å². The third-order valence-electron chi connectivity index (χ3n) is 1.82. The van der Waals surface area contributed by atoms with Gasteiger partial charge in [-0.15, -0.1) is 11.3 Å². The van der Waals surface area contributed by atoms with Gasteiger partial charge in [0.25, 0.3) is 0 Å². The van der Waals surface area contributed by atoms with Gasteiger partial charge < -0.3 is 0 Å². The van der Waals surface area contributed by atoms with Crippen LogP contribution in [0.5, 0.6) is 0 Å². The van der Waals surface area contributed by atoms with Crippen molar-refractivity contribution in [2.24, 2.45) is 0 Å². The summed E-state index contributed by atoms with van der Waals surface area (Å²) in [5.74, 6) is 0. The number of thiazole rings is 1. The molecular weight excluding hydrogens is 218 g/mol. The standard InChI is InChI=1S/C9H10ClN3S/c1-2-3-7-6-8(10)13(12-7)9-11-4-5-14-9/h4-6H,2-3H2,1H3. The van der Waals surface area contributed by atoms with Gasteiger partial charge in [0.05, 0.1) is 5.69 Å². The Labute approximate surface area is 91.4 Å². The van der Waals surface area contributed by atoms with Crippen LogP contribution >= 0.6 is 22.9 Å². The van der Waals surface area contributed by atoms with Crippen molar-refractivity contribution >= 4 is 22.9 Å². The van der Waals surface area contributed by atoms with Crippen molar-refractivity contribution in [2.75, 3.05) is 0 Å². The number of rotatable bonds is 3. The molecule has 5 heteroatoms. The topological polar surface area (TPSA) is 30.7 Å². The van der Waals surface area contributed by atoms with E-state index in [1.807, 2.05) is 11.4 Å². The van der Waals surface area contributed by atoms with E-state index in [-0.39, 0.29) is 0 Å². The lowest BCUT2D eigenvalue weighted by atomic mass is 10.3. The summed E-state index contributed by atoms with van der Waals surface area (Å²) < 4.78 is 1.68. The van der Waals surface area contributed by atoms with Gasteiger partial charge in [-0.25, -0.2) is 4.98 Å². The predicted octanol–water partition coefficient (Wildman–Crippen LogP) is 2.93. The summed E-state index contributed by atoms with van der Waals surface area (Å²) in [5, 5.41) is 7.73. The molecule has 0 aromatic carbocycles. The molecule has 3 nitrogen and oxygen atoms in total. The fraction of sp³-hybridized carbons (Fsp3) is 0.333. The highest BCUT2D eigenvalue weighted by Crippen LogP contribution is 2.19. The van der Waals surface area contributed by atoms with Gasteiger partial charge in [0.1, 0.15) is 5.15 Å². The minimum absolute atomic E-state index is 0.628. The normalized spacial score (nSPS) is 10.7. The van der Waals surface area contributed by atoms with Crippen LogP contribution in [-0.2, 0) is 6.42 Å². The number of nitrogens with zero attached hydrogens (tertiary/aromatic N) is 3. The number of hydrogen-bond donors (Lipinski definition) is 0. The Balaban J connectivity index is 2.35. The Kier molecular flexibility index (Phi) is 2.84. The van der Waals surface area contributed by atoms with E-state index in [0.29, 0.717) is 5.15 Å². The Bertz CT molecular complexity index is 408. The van der Waals surface area contributed by atoms with Gasteiger partial charge in [0.2, 0.25) is 5.13 Å². The van der Waals surface area contributed by atoms with Crippen molar-refractivity contribution in [3.05, 3.63) is 28.5 Å². The molecule has 14 heavy (non-hydrogen) atoms. The lowest BCUT2D eigenvalue weighted by Gasteiger charge is -1.95. The molecule has 0 N–H and O–H groups in total. The van der Waals surface area contributed by atoms with Crippen LogP contribution in [0.3, 0.4) is 0 Å². The van der Waals surface area contributed by atoms with Crippen molar-refractivity contribution in [3.8, 4) is 5.13 Å². The SMILES string of the molecule is CCCc1cc(Cl)n(-c2nccs2)n1. The van der Waals surface area contributed by atoms with Crippen LogP contribution in [0.25, 0.3) is 5.13 Å². The Morgan fingerprint density at radius 2 is 2.43 bits per heavy atom. The number of aryl methyl sites for hydroxylation is 1. The van der Waals surface area contributed by atoms with Crippen LogP contribution in [0.2, 0.25) is 5.15 Å². The van der Waals surface area contributed by atoms with Gasteiger partial charge in [-0.2, -0.15) is 9.78 Å². The van der Waals surface area contributed by atoms with Gasteiger partial charge in [-0.05, 0) is 12.5 Å². The number of aromatic nitrogens is 3. The van der Waals surface area contributed by atoms with Crippen LogP contribution in [0, 0.1) is 0 Å². The van der Waals surface area contributed by atoms with Gasteiger partial charge in [0.15, 0.2) is 0 Å². The summed E-state index contributed by atoms with van der Waals surface area (Å²) in [5.41, 5.74) is 1.02. The summed E-state index contributed by atoms with van der Waals surface area (Å²) in [6, 6.07) is 1.90. The maximum absolute atomic E-state index is 6.04. The molecule has 0 saturated heterocycles. The molecule has 0 bridgehead atoms. The second-order valence-electron chi connectivity index (χ2n) is 2.93. The summed E-state index contributed by atoms with van der Waals surface area (Å²) in [6.07, 6.45) is 3.78. The first-order valence-corrected chi connectivity index (χ1v) is 5.71. The number of hydrogen-bond acceptors (Lipinski definition) is 3.